The van der Waals surface area contributed by atoms with Crippen molar-refractivity contribution in [3.05, 3.63) is 36.5 Å². The van der Waals surface area contributed by atoms with Crippen LogP contribution in [-0.4, -0.2) is 56.4 Å². The van der Waals surface area contributed by atoms with E-state index in [2.05, 4.69) is 44.7 Å². The van der Waals surface area contributed by atoms with Crippen LogP contribution in [0.2, 0.25) is 0 Å². The summed E-state index contributed by atoms with van der Waals surface area (Å²) in [6.07, 6.45) is 37.3. The molecule has 0 aromatic carbocycles. The molecule has 2 atom stereocenters. The lowest BCUT2D eigenvalue weighted by molar-refractivity contribution is -0.201. The molecule has 0 radical (unpaired) electrons. The summed E-state index contributed by atoms with van der Waals surface area (Å²) in [6, 6.07) is 0. The number of cyclic esters (lactones) is 1. The number of rotatable bonds is 30. The molecular formula is C43H74O7. The minimum Gasteiger partial charge on any atom is -0.432 e. The zero-order valence-corrected chi connectivity index (χ0v) is 32.2. The maximum atomic E-state index is 12.4. The van der Waals surface area contributed by atoms with Gasteiger partial charge >= 0.3 is 5.97 Å². The summed E-state index contributed by atoms with van der Waals surface area (Å²) >= 11 is 0. The molecule has 3 aliphatic rings. The maximum absolute atomic E-state index is 12.4. The number of carbonyl (C=O) groups excluding carboxylic acids is 1. The average molecular weight is 703 g/mol. The molecule has 3 fully saturated rings. The van der Waals surface area contributed by atoms with Gasteiger partial charge in [-0.05, 0) is 70.6 Å². The number of hydrogen-bond donors (Lipinski definition) is 0. The van der Waals surface area contributed by atoms with E-state index in [9.17, 15) is 4.79 Å². The van der Waals surface area contributed by atoms with Gasteiger partial charge in [0, 0.05) is 32.1 Å². The highest BCUT2D eigenvalue weighted by molar-refractivity contribution is 5.89. The number of carbonyl (C=O) groups is 1. The van der Waals surface area contributed by atoms with Crippen LogP contribution in [0.3, 0.4) is 0 Å². The molecule has 7 heteroatoms. The first-order valence-corrected chi connectivity index (χ1v) is 20.9. The second kappa shape index (κ2) is 26.3. The molecular weight excluding hydrogens is 628 g/mol. The topological polar surface area (TPSA) is 72.5 Å². The van der Waals surface area contributed by atoms with Crippen LogP contribution in [0.15, 0.2) is 36.5 Å². The van der Waals surface area contributed by atoms with Crippen molar-refractivity contribution in [2.75, 3.05) is 26.4 Å². The number of esters is 1. The second-order valence-corrected chi connectivity index (χ2v) is 14.8. The van der Waals surface area contributed by atoms with Gasteiger partial charge in [0.1, 0.15) is 0 Å². The third-order valence-corrected chi connectivity index (χ3v) is 10.5. The van der Waals surface area contributed by atoms with E-state index < -0.39 is 6.29 Å². The molecule has 0 aromatic heterocycles. The highest BCUT2D eigenvalue weighted by Gasteiger charge is 2.36. The monoisotopic (exact) mass is 703 g/mol. The van der Waals surface area contributed by atoms with Crippen molar-refractivity contribution in [2.45, 2.75) is 205 Å². The van der Waals surface area contributed by atoms with E-state index in [-0.39, 0.29) is 23.6 Å². The van der Waals surface area contributed by atoms with Gasteiger partial charge in [-0.2, -0.15) is 0 Å². The predicted molar refractivity (Wildman–Crippen MR) is 203 cm³/mol. The van der Waals surface area contributed by atoms with Crippen LogP contribution in [-0.2, 0) is 33.2 Å². The summed E-state index contributed by atoms with van der Waals surface area (Å²) in [7, 11) is 0. The van der Waals surface area contributed by atoms with Gasteiger partial charge in [0.2, 0.25) is 6.29 Å². The largest absolute Gasteiger partial charge is 0.432 e. The summed E-state index contributed by atoms with van der Waals surface area (Å²) in [5, 5.41) is 0. The Morgan fingerprint density at radius 2 is 0.960 bits per heavy atom. The summed E-state index contributed by atoms with van der Waals surface area (Å²) in [5.41, 5.74) is 0.442. The van der Waals surface area contributed by atoms with E-state index in [1.54, 1.807) is 0 Å². The molecule has 288 valence electrons. The molecule has 0 amide bonds. The fourth-order valence-corrected chi connectivity index (χ4v) is 7.42. The van der Waals surface area contributed by atoms with E-state index in [0.717, 1.165) is 90.6 Å². The normalized spacial score (nSPS) is 22.0. The molecule has 0 N–H and O–H groups in total. The van der Waals surface area contributed by atoms with E-state index in [1.807, 2.05) is 0 Å². The molecule has 3 aliphatic heterocycles. The first-order valence-electron chi connectivity index (χ1n) is 20.9. The van der Waals surface area contributed by atoms with Gasteiger partial charge in [0.25, 0.3) is 0 Å². The molecule has 0 aliphatic carbocycles. The summed E-state index contributed by atoms with van der Waals surface area (Å²) in [4.78, 5) is 12.4. The maximum Gasteiger partial charge on any atom is 0.338 e. The Kier molecular flexibility index (Phi) is 22.6. The SMILES string of the molecule is C=C1C(=O)O[C@@H](CC/C=C/CCCCCCC2(CCCCCC)OCCO2)O[C@H]1CC/C=C/CCCCCCC1(CCCCCC)OCCO1. The van der Waals surface area contributed by atoms with Crippen LogP contribution in [0, 0.1) is 0 Å². The molecule has 0 spiro atoms. The predicted octanol–water partition coefficient (Wildman–Crippen LogP) is 11.6. The van der Waals surface area contributed by atoms with Crippen LogP contribution in [0.25, 0.3) is 0 Å². The quantitative estimate of drug-likeness (QED) is 0.0319. The van der Waals surface area contributed by atoms with Crippen LogP contribution in [0.5, 0.6) is 0 Å². The van der Waals surface area contributed by atoms with E-state index >= 15 is 0 Å². The third kappa shape index (κ3) is 17.3. The molecule has 0 bridgehead atoms. The van der Waals surface area contributed by atoms with Crippen molar-refractivity contribution in [1.29, 1.82) is 0 Å². The lowest BCUT2D eigenvalue weighted by atomic mass is 9.99. The van der Waals surface area contributed by atoms with Gasteiger partial charge in [0.05, 0.1) is 38.1 Å². The summed E-state index contributed by atoms with van der Waals surface area (Å²) in [6.45, 7) is 11.4. The van der Waals surface area contributed by atoms with E-state index in [1.165, 1.54) is 96.3 Å². The van der Waals surface area contributed by atoms with Gasteiger partial charge in [-0.15, -0.1) is 0 Å². The summed E-state index contributed by atoms with van der Waals surface area (Å²) in [5.74, 6) is -0.925. The zero-order valence-electron chi connectivity index (χ0n) is 32.2. The van der Waals surface area contributed by atoms with Crippen molar-refractivity contribution in [3.63, 3.8) is 0 Å². The Morgan fingerprint density at radius 1 is 0.560 bits per heavy atom. The van der Waals surface area contributed by atoms with Crippen molar-refractivity contribution in [2.24, 2.45) is 0 Å². The lowest BCUT2D eigenvalue weighted by Crippen LogP contribution is -2.37. The smallest absolute Gasteiger partial charge is 0.338 e. The second-order valence-electron chi connectivity index (χ2n) is 14.8. The van der Waals surface area contributed by atoms with Crippen LogP contribution in [0.4, 0.5) is 0 Å². The Labute approximate surface area is 306 Å². The van der Waals surface area contributed by atoms with Crippen molar-refractivity contribution >= 4 is 5.97 Å². The van der Waals surface area contributed by atoms with Gasteiger partial charge in [-0.3, -0.25) is 0 Å². The molecule has 0 saturated carbocycles. The minimum atomic E-state index is -0.489. The lowest BCUT2D eigenvalue weighted by Gasteiger charge is -2.30. The average Bonchev–Trinajstić information content (AvgIpc) is 3.79. The van der Waals surface area contributed by atoms with E-state index in [4.69, 9.17) is 28.4 Å². The van der Waals surface area contributed by atoms with Crippen LogP contribution in [0.1, 0.15) is 181 Å². The Bertz CT molecular complexity index is 947. The first-order chi connectivity index (χ1) is 24.5. The Balaban J connectivity index is 1.18. The minimum absolute atomic E-state index is 0.264. The number of hydrogen-bond acceptors (Lipinski definition) is 7. The highest BCUT2D eigenvalue weighted by Crippen LogP contribution is 2.33. The molecule has 0 unspecified atom stereocenters. The third-order valence-electron chi connectivity index (χ3n) is 10.5. The van der Waals surface area contributed by atoms with Crippen molar-refractivity contribution in [3.8, 4) is 0 Å². The molecule has 3 heterocycles. The first kappa shape index (κ1) is 42.9. The van der Waals surface area contributed by atoms with Gasteiger partial charge in [-0.25, -0.2) is 4.79 Å². The zero-order chi connectivity index (χ0) is 35.6. The fraction of sp³-hybridized carbons (Fsp3) is 0.837. The molecule has 3 rings (SSSR count). The van der Waals surface area contributed by atoms with Crippen molar-refractivity contribution in [1.82, 2.24) is 0 Å². The molecule has 3 saturated heterocycles. The van der Waals surface area contributed by atoms with Crippen molar-refractivity contribution < 1.29 is 33.2 Å². The van der Waals surface area contributed by atoms with Gasteiger partial charge < -0.3 is 28.4 Å². The number of ether oxygens (including phenoxy) is 6. The standard InChI is InChI=1S/C43H74O7/c1-4-6-8-24-30-42(45-34-35-46-42)32-26-20-16-12-10-14-18-22-28-39-38(3)41(44)50-40(49-39)29-23-19-15-11-13-17-21-27-33-43(47-36-37-48-43)31-25-9-7-5-2/h14-15,18-19,39-40H,3-13,16-17,20-37H2,1-2H3/b18-14+,19-15+/t39-,40-/m0/s1. The van der Waals surface area contributed by atoms with Crippen LogP contribution >= 0.6 is 0 Å². The van der Waals surface area contributed by atoms with E-state index in [0.29, 0.717) is 12.0 Å². The molecule has 50 heavy (non-hydrogen) atoms. The van der Waals surface area contributed by atoms with Gasteiger partial charge in [-0.1, -0.05) is 109 Å². The van der Waals surface area contributed by atoms with Gasteiger partial charge in [0.15, 0.2) is 11.6 Å². The number of allylic oxidation sites excluding steroid dienone is 4. The number of unbranched alkanes of at least 4 members (excludes halogenated alkanes) is 14. The Morgan fingerprint density at radius 3 is 1.42 bits per heavy atom. The molecule has 0 aromatic rings. The highest BCUT2D eigenvalue weighted by atomic mass is 16.7. The fourth-order valence-electron chi connectivity index (χ4n) is 7.42. The van der Waals surface area contributed by atoms with Crippen LogP contribution < -0.4 is 0 Å². The molecule has 7 nitrogen and oxygen atoms in total. The summed E-state index contributed by atoms with van der Waals surface area (Å²) < 4.78 is 35.8. The Hall–Kier alpha value is -1.51.